The summed E-state index contributed by atoms with van der Waals surface area (Å²) in [4.78, 5) is 28.7. The van der Waals surface area contributed by atoms with Gasteiger partial charge in [0.25, 0.3) is 11.5 Å². The molecule has 1 saturated heterocycles. The van der Waals surface area contributed by atoms with E-state index in [1.54, 1.807) is 23.6 Å². The van der Waals surface area contributed by atoms with Gasteiger partial charge in [-0.2, -0.15) is 5.26 Å². The average molecular weight is 563 g/mol. The lowest BCUT2D eigenvalue weighted by Gasteiger charge is -2.20. The van der Waals surface area contributed by atoms with E-state index < -0.39 is 0 Å². The molecule has 0 spiro atoms. The van der Waals surface area contributed by atoms with Crippen molar-refractivity contribution in [1.29, 1.82) is 5.26 Å². The molecule has 0 radical (unpaired) electrons. The predicted molar refractivity (Wildman–Crippen MR) is 159 cm³/mol. The molecule has 0 bridgehead atoms. The van der Waals surface area contributed by atoms with Crippen molar-refractivity contribution in [2.45, 2.75) is 46.3 Å². The van der Waals surface area contributed by atoms with E-state index in [0.717, 1.165) is 24.0 Å². The maximum Gasteiger partial charge on any atom is 0.270 e. The average Bonchev–Trinajstić information content (AvgIpc) is 3.18. The number of aromatic nitrogens is 1. The molecule has 1 N–H and O–H groups in total. The molecule has 0 unspecified atom stereocenters. The van der Waals surface area contributed by atoms with E-state index >= 15 is 0 Å². The summed E-state index contributed by atoms with van der Waals surface area (Å²) in [6.45, 7) is 4.99. The Balaban J connectivity index is 1.78. The van der Waals surface area contributed by atoms with E-state index in [9.17, 15) is 14.9 Å². The van der Waals surface area contributed by atoms with Crippen LogP contribution in [0.15, 0.2) is 64.3 Å². The van der Waals surface area contributed by atoms with Crippen LogP contribution in [-0.4, -0.2) is 19.7 Å². The number of halogens is 1. The van der Waals surface area contributed by atoms with Crippen LogP contribution in [0, 0.1) is 18.3 Å². The number of benzene rings is 2. The molecule has 1 fully saturated rings. The monoisotopic (exact) mass is 562 g/mol. The largest absolute Gasteiger partial charge is 0.367 e. The zero-order chi connectivity index (χ0) is 27.2. The van der Waals surface area contributed by atoms with Crippen molar-refractivity contribution in [3.05, 3.63) is 103 Å². The Morgan fingerprint density at radius 2 is 1.84 bits per heavy atom. The Morgan fingerprint density at radius 1 is 1.13 bits per heavy atom. The summed E-state index contributed by atoms with van der Waals surface area (Å²) in [7, 11) is 0. The van der Waals surface area contributed by atoms with Crippen LogP contribution < -0.4 is 10.9 Å². The number of nitrogens with zero attached hydrogens (tertiary/aromatic N) is 3. The van der Waals surface area contributed by atoms with Crippen molar-refractivity contribution >= 4 is 57.7 Å². The molecular weight excluding hydrogens is 536 g/mol. The minimum absolute atomic E-state index is 0.0733. The van der Waals surface area contributed by atoms with Gasteiger partial charge in [-0.1, -0.05) is 97.5 Å². The molecule has 1 aliphatic rings. The SMILES string of the molecule is CCCCn1c(NCc2ccccc2)c(/C=C2/SC(=S)N(Cc3ccccc3Cl)C2=O)c(C)c(C#N)c1=O. The van der Waals surface area contributed by atoms with Gasteiger partial charge in [0.1, 0.15) is 21.8 Å². The number of anilines is 1. The van der Waals surface area contributed by atoms with Crippen LogP contribution in [0.5, 0.6) is 0 Å². The number of unbranched alkanes of at least 4 members (excludes halogenated alkanes) is 1. The van der Waals surface area contributed by atoms with E-state index in [1.165, 1.54) is 16.7 Å². The van der Waals surface area contributed by atoms with Gasteiger partial charge in [0.15, 0.2) is 0 Å². The number of carbonyl (C=O) groups is 1. The maximum absolute atomic E-state index is 13.5. The van der Waals surface area contributed by atoms with Crippen LogP contribution in [0.4, 0.5) is 5.82 Å². The molecule has 2 aromatic carbocycles. The minimum Gasteiger partial charge on any atom is -0.367 e. The number of thiocarbonyl (C=S) groups is 1. The summed E-state index contributed by atoms with van der Waals surface area (Å²) >= 11 is 13.1. The fourth-order valence-corrected chi connectivity index (χ4v) is 5.66. The summed E-state index contributed by atoms with van der Waals surface area (Å²) in [5.41, 5.74) is 2.74. The van der Waals surface area contributed by atoms with Gasteiger partial charge in [-0.15, -0.1) is 0 Å². The molecule has 1 aromatic heterocycles. The molecule has 0 aliphatic carbocycles. The Bertz CT molecular complexity index is 1510. The zero-order valence-corrected chi connectivity index (χ0v) is 23.6. The molecule has 0 atom stereocenters. The Labute approximate surface area is 236 Å². The number of hydrogen-bond donors (Lipinski definition) is 1. The van der Waals surface area contributed by atoms with Gasteiger partial charge in [0.05, 0.1) is 11.4 Å². The van der Waals surface area contributed by atoms with E-state index in [2.05, 4.69) is 11.4 Å². The topological polar surface area (TPSA) is 78.1 Å². The molecular formula is C29H27ClN4O2S2. The van der Waals surface area contributed by atoms with Gasteiger partial charge >= 0.3 is 0 Å². The summed E-state index contributed by atoms with van der Waals surface area (Å²) in [5.74, 6) is 0.346. The third kappa shape index (κ3) is 5.86. The number of nitrogens with one attached hydrogen (secondary N) is 1. The molecule has 0 saturated carbocycles. The van der Waals surface area contributed by atoms with Crippen molar-refractivity contribution in [3.63, 3.8) is 0 Å². The Hall–Kier alpha value is -3.38. The van der Waals surface area contributed by atoms with Crippen molar-refractivity contribution < 1.29 is 4.79 Å². The Kier molecular flexibility index (Phi) is 9.05. The molecule has 194 valence electrons. The fourth-order valence-electron chi connectivity index (χ4n) is 4.23. The summed E-state index contributed by atoms with van der Waals surface area (Å²) in [6.07, 6.45) is 3.40. The normalized spacial score (nSPS) is 14.3. The van der Waals surface area contributed by atoms with Crippen molar-refractivity contribution in [2.75, 3.05) is 5.32 Å². The van der Waals surface area contributed by atoms with Gasteiger partial charge in [0.2, 0.25) is 0 Å². The first kappa shape index (κ1) is 27.6. The van der Waals surface area contributed by atoms with Crippen LogP contribution in [0.2, 0.25) is 5.02 Å². The lowest BCUT2D eigenvalue weighted by molar-refractivity contribution is -0.122. The lowest BCUT2D eigenvalue weighted by atomic mass is 10.0. The highest BCUT2D eigenvalue weighted by atomic mass is 35.5. The molecule has 38 heavy (non-hydrogen) atoms. The van der Waals surface area contributed by atoms with Gasteiger partial charge in [-0.3, -0.25) is 19.1 Å². The molecule has 1 aliphatic heterocycles. The Morgan fingerprint density at radius 3 is 2.53 bits per heavy atom. The second kappa shape index (κ2) is 12.4. The molecule has 4 rings (SSSR count). The predicted octanol–water partition coefficient (Wildman–Crippen LogP) is 6.50. The highest BCUT2D eigenvalue weighted by Gasteiger charge is 2.33. The summed E-state index contributed by atoms with van der Waals surface area (Å²) < 4.78 is 2.05. The highest BCUT2D eigenvalue weighted by molar-refractivity contribution is 8.26. The second-order valence-corrected chi connectivity index (χ2v) is 11.0. The first-order chi connectivity index (χ1) is 18.3. The van der Waals surface area contributed by atoms with E-state index in [0.29, 0.717) is 44.3 Å². The van der Waals surface area contributed by atoms with E-state index in [4.69, 9.17) is 23.8 Å². The van der Waals surface area contributed by atoms with Crippen molar-refractivity contribution in [1.82, 2.24) is 9.47 Å². The second-order valence-electron chi connectivity index (χ2n) is 8.88. The van der Waals surface area contributed by atoms with Gasteiger partial charge in [0, 0.05) is 23.7 Å². The van der Waals surface area contributed by atoms with Crippen LogP contribution in [0.25, 0.3) is 6.08 Å². The minimum atomic E-state index is -0.336. The summed E-state index contributed by atoms with van der Waals surface area (Å²) in [5, 5.41) is 13.8. The fraction of sp³-hybridized carbons (Fsp3) is 0.241. The van der Waals surface area contributed by atoms with Gasteiger partial charge in [-0.05, 0) is 42.2 Å². The number of thioether (sulfide) groups is 1. The third-order valence-corrected chi connectivity index (χ3v) is 8.09. The highest BCUT2D eigenvalue weighted by Crippen LogP contribution is 2.36. The first-order valence-corrected chi connectivity index (χ1v) is 13.9. The zero-order valence-electron chi connectivity index (χ0n) is 21.2. The smallest absolute Gasteiger partial charge is 0.270 e. The molecule has 2 heterocycles. The number of hydrogen-bond acceptors (Lipinski definition) is 6. The number of amides is 1. The van der Waals surface area contributed by atoms with Crippen LogP contribution in [-0.2, 0) is 24.4 Å². The van der Waals surface area contributed by atoms with E-state index in [1.807, 2.05) is 55.5 Å². The number of carbonyl (C=O) groups excluding carboxylic acids is 1. The van der Waals surface area contributed by atoms with Crippen molar-refractivity contribution in [3.8, 4) is 6.07 Å². The summed E-state index contributed by atoms with van der Waals surface area (Å²) in [6, 6.07) is 19.3. The quantitative estimate of drug-likeness (QED) is 0.237. The third-order valence-electron chi connectivity index (χ3n) is 6.35. The van der Waals surface area contributed by atoms with E-state index in [-0.39, 0.29) is 23.6 Å². The van der Waals surface area contributed by atoms with Crippen LogP contribution in [0.1, 0.15) is 47.6 Å². The molecule has 1 amide bonds. The van der Waals surface area contributed by atoms with Crippen LogP contribution >= 0.6 is 35.6 Å². The van der Waals surface area contributed by atoms with Gasteiger partial charge < -0.3 is 5.32 Å². The first-order valence-electron chi connectivity index (χ1n) is 12.3. The number of pyridine rings is 1. The van der Waals surface area contributed by atoms with Crippen LogP contribution in [0.3, 0.4) is 0 Å². The maximum atomic E-state index is 13.5. The standard InChI is InChI=1S/C29H27ClN4O2S2/c1-3-4-14-33-26(32-17-20-10-6-5-7-11-20)22(19(2)23(16-31)27(33)35)15-25-28(36)34(29(37)38-25)18-21-12-8-9-13-24(21)30/h5-13,15,32H,3-4,14,17-18H2,1-2H3/b25-15+. The number of rotatable bonds is 9. The lowest BCUT2D eigenvalue weighted by Crippen LogP contribution is -2.29. The molecule has 3 aromatic rings. The number of nitriles is 1. The van der Waals surface area contributed by atoms with Crippen molar-refractivity contribution in [2.24, 2.45) is 0 Å². The molecule has 6 nitrogen and oxygen atoms in total. The molecule has 9 heteroatoms. The van der Waals surface area contributed by atoms with Gasteiger partial charge in [-0.25, -0.2) is 0 Å².